The lowest BCUT2D eigenvalue weighted by Crippen LogP contribution is -2.61. The van der Waals surface area contributed by atoms with Crippen LogP contribution in [0.15, 0.2) is 66.7 Å². The summed E-state index contributed by atoms with van der Waals surface area (Å²) in [5, 5.41) is 10.4. The van der Waals surface area contributed by atoms with Crippen molar-refractivity contribution in [2.75, 3.05) is 33.2 Å². The van der Waals surface area contributed by atoms with Crippen molar-refractivity contribution in [1.29, 1.82) is 0 Å². The average molecular weight is 1240 g/mol. The molecule has 0 radical (unpaired) electrons. The van der Waals surface area contributed by atoms with Crippen LogP contribution in [0.5, 0.6) is 0 Å². The molecule has 4 fully saturated rings. The van der Waals surface area contributed by atoms with Gasteiger partial charge in [0, 0.05) is 79.3 Å². The van der Waals surface area contributed by atoms with Crippen molar-refractivity contribution in [1.82, 2.24) is 40.9 Å². The van der Waals surface area contributed by atoms with Crippen LogP contribution in [0.3, 0.4) is 0 Å². The largest absolute Gasteiger partial charge is 0.416 e. The molecule has 6 atom stereocenters. The number of primary amides is 1. The molecular formula is C58H63F5N9O12PS. The number of amides is 9. The summed E-state index contributed by atoms with van der Waals surface area (Å²) in [5.74, 6) is 0.746. The average Bonchev–Trinajstić information content (AvgIpc) is 2.18. The molecule has 6 heterocycles. The first-order valence-corrected chi connectivity index (χ1v) is 30.5. The predicted octanol–water partition coefficient (Wildman–Crippen LogP) is 4.25. The Balaban J connectivity index is 0.860. The maximum Gasteiger partial charge on any atom is 0.416 e. The molecule has 0 saturated carbocycles. The molecule has 0 aliphatic carbocycles. The lowest BCUT2D eigenvalue weighted by molar-refractivity contribution is -0.144. The standard InChI is InChI=1S/C58H63F5N9O12PS/c1-69-24-23-38-14-16-45(72(38)56(81)43(31-69)67-53(78)47-29-35-28-37(13-18-46(35)86-47)58(62,63)85(82,83)84)52(77)65-41(15-19-48(64)73)50(75)66-42(27-33-9-11-36(12-10-33)57(59,60)61)55(80)70-25-21-32(22-26-70)5-2-3-6-34-7-4-8-39-40(34)30-71(54(39)79)44-17-20-49(74)68-51(44)76/h4,7-13,18,28-29,32,38,41-45H,2,5,14-17,19-27,30-31H2,1H3,(H2,64,73)(H,65,77)(H,66,75)(H,67,78)(H,68,74,76)(H2,82,83,84)/t38-,41?,42?,43+,44?,45+/m1/s1. The highest BCUT2D eigenvalue weighted by Crippen LogP contribution is 2.59. The first-order valence-electron chi connectivity index (χ1n) is 28.0. The third-order valence-corrected chi connectivity index (χ3v) is 18.6. The van der Waals surface area contributed by atoms with Crippen molar-refractivity contribution in [2.45, 2.75) is 132 Å². The van der Waals surface area contributed by atoms with Gasteiger partial charge in [-0.1, -0.05) is 36.1 Å². The number of nitrogens with one attached hydrogen (secondary N) is 4. The quantitative estimate of drug-likeness (QED) is 0.0337. The first kappa shape index (κ1) is 62.9. The summed E-state index contributed by atoms with van der Waals surface area (Å²) in [4.78, 5) is 146. The fourth-order valence-electron chi connectivity index (χ4n) is 11.8. The molecule has 28 heteroatoms. The van der Waals surface area contributed by atoms with Crippen molar-refractivity contribution in [3.05, 3.63) is 105 Å². The van der Waals surface area contributed by atoms with Gasteiger partial charge in [0.15, 0.2) is 0 Å². The second-order valence-electron chi connectivity index (χ2n) is 22.4. The van der Waals surface area contributed by atoms with Crippen LogP contribution in [-0.4, -0.2) is 152 Å². The number of alkyl halides is 5. The van der Waals surface area contributed by atoms with Crippen molar-refractivity contribution in [2.24, 2.45) is 11.7 Å². The maximum atomic E-state index is 14.6. The molecule has 0 bridgehead atoms. The van der Waals surface area contributed by atoms with E-state index in [4.69, 9.17) is 5.73 Å². The van der Waals surface area contributed by atoms with Crippen LogP contribution in [0.1, 0.15) is 118 Å². The molecule has 4 aromatic rings. The van der Waals surface area contributed by atoms with Gasteiger partial charge in [-0.05, 0) is 130 Å². The van der Waals surface area contributed by atoms with Crippen molar-refractivity contribution in [3.63, 3.8) is 0 Å². The van der Waals surface area contributed by atoms with Gasteiger partial charge >= 0.3 is 19.4 Å². The second-order valence-corrected chi connectivity index (χ2v) is 25.1. The highest BCUT2D eigenvalue weighted by Gasteiger charge is 2.51. The van der Waals surface area contributed by atoms with Gasteiger partial charge in [0.05, 0.1) is 10.4 Å². The molecule has 4 saturated heterocycles. The van der Waals surface area contributed by atoms with Gasteiger partial charge < -0.3 is 51.1 Å². The van der Waals surface area contributed by atoms with E-state index >= 15 is 0 Å². The van der Waals surface area contributed by atoms with Crippen LogP contribution in [-0.2, 0) is 62.9 Å². The van der Waals surface area contributed by atoms with E-state index < -0.39 is 115 Å². The number of hydrogen-bond acceptors (Lipinski definition) is 12. The first-order chi connectivity index (χ1) is 40.7. The summed E-state index contributed by atoms with van der Waals surface area (Å²) in [6.07, 6.45) is -2.25. The van der Waals surface area contributed by atoms with E-state index in [1.54, 1.807) is 30.1 Å². The third-order valence-electron chi connectivity index (χ3n) is 16.5. The summed E-state index contributed by atoms with van der Waals surface area (Å²) in [6.45, 7) is 1.08. The minimum absolute atomic E-state index is 0.0140. The SMILES string of the molecule is CN1CC[C@H]2CC[C@@H](C(=O)NC(CCC(N)=O)C(=O)NC(Cc3ccc(C(F)(F)F)cc3)C(=O)N3CCC(CCC#Cc4cccc5c4CN(C4CCC(=O)NC4=O)C5=O)CC3)N2C(=O)[C@@H](NC(=O)c2cc3cc(C(F)(F)P(=O)(O)O)ccc3s2)C1. The number of imide groups is 1. The number of piperidine rings is 2. The van der Waals surface area contributed by atoms with Crippen LogP contribution < -0.4 is 27.0 Å². The molecule has 9 amide bonds. The highest BCUT2D eigenvalue weighted by atomic mass is 32.1. The van der Waals surface area contributed by atoms with Gasteiger partial charge in [-0.15, -0.1) is 11.3 Å². The van der Waals surface area contributed by atoms with E-state index in [0.717, 1.165) is 35.6 Å². The number of carbonyl (C=O) groups is 9. The number of rotatable bonds is 17. The molecule has 21 nitrogen and oxygen atoms in total. The number of hydrogen-bond donors (Lipinski definition) is 7. The van der Waals surface area contributed by atoms with E-state index in [0.29, 0.717) is 66.5 Å². The molecule has 3 unspecified atom stereocenters. The number of thiophene rings is 1. The van der Waals surface area contributed by atoms with Gasteiger partial charge in [0.25, 0.3) is 11.8 Å². The number of likely N-dealkylation sites (tertiary alicyclic amines) is 1. The predicted molar refractivity (Wildman–Crippen MR) is 300 cm³/mol. The molecular weight excluding hydrogens is 1170 g/mol. The van der Waals surface area contributed by atoms with Gasteiger partial charge in [-0.25, -0.2) is 0 Å². The van der Waals surface area contributed by atoms with Gasteiger partial charge in [-0.3, -0.25) is 53.0 Å². The van der Waals surface area contributed by atoms with Gasteiger partial charge in [0.1, 0.15) is 30.2 Å². The number of halogens is 5. The molecule has 9 rings (SSSR count). The molecule has 1 aromatic heterocycles. The van der Waals surface area contributed by atoms with E-state index in [1.165, 1.54) is 34.1 Å². The molecule has 8 N–H and O–H groups in total. The van der Waals surface area contributed by atoms with E-state index in [2.05, 4.69) is 33.1 Å². The smallest absolute Gasteiger partial charge is 0.370 e. The van der Waals surface area contributed by atoms with E-state index in [-0.39, 0.29) is 91.8 Å². The summed E-state index contributed by atoms with van der Waals surface area (Å²) >= 11 is 0.883. The Morgan fingerprint density at radius 2 is 1.59 bits per heavy atom. The Morgan fingerprint density at radius 1 is 0.872 bits per heavy atom. The molecule has 458 valence electrons. The zero-order valence-corrected chi connectivity index (χ0v) is 48.2. The topological polar surface area (TPSA) is 298 Å². The van der Waals surface area contributed by atoms with Crippen LogP contribution >= 0.6 is 18.9 Å². The third kappa shape index (κ3) is 14.1. The number of nitrogens with two attached hydrogens (primary N) is 1. The molecule has 5 aliphatic heterocycles. The number of benzene rings is 3. The Labute approximate surface area is 494 Å². The molecule has 0 spiro atoms. The number of nitrogens with zero attached hydrogens (tertiary/aromatic N) is 4. The van der Waals surface area contributed by atoms with Gasteiger partial charge in [0.2, 0.25) is 41.4 Å². The fraction of sp³-hybridized carbons (Fsp3) is 0.466. The van der Waals surface area contributed by atoms with Crippen molar-refractivity contribution < 1.29 is 79.5 Å². The van der Waals surface area contributed by atoms with Crippen molar-refractivity contribution in [3.8, 4) is 11.8 Å². The zero-order valence-electron chi connectivity index (χ0n) is 46.5. The summed E-state index contributed by atoms with van der Waals surface area (Å²) in [5.41, 5.74) is 1.15. The van der Waals surface area contributed by atoms with Crippen molar-refractivity contribution >= 4 is 82.2 Å². The Morgan fingerprint density at radius 3 is 2.28 bits per heavy atom. The Hall–Kier alpha value is -7.63. The highest BCUT2D eigenvalue weighted by molar-refractivity contribution is 7.52. The number of carbonyl (C=O) groups excluding carboxylic acids is 9. The van der Waals surface area contributed by atoms with E-state index in [1.807, 2.05) is 4.90 Å². The summed E-state index contributed by atoms with van der Waals surface area (Å²) in [6, 6.07) is 6.77. The van der Waals surface area contributed by atoms with Crippen LogP contribution in [0, 0.1) is 17.8 Å². The lowest BCUT2D eigenvalue weighted by Gasteiger charge is -2.38. The number of likely N-dealkylation sites (N-methyl/N-ethyl adjacent to an activating group) is 1. The summed E-state index contributed by atoms with van der Waals surface area (Å²) in [7, 11) is -4.17. The van der Waals surface area contributed by atoms with Crippen LogP contribution in [0.2, 0.25) is 0 Å². The van der Waals surface area contributed by atoms with Crippen LogP contribution in [0.4, 0.5) is 22.0 Å². The molecule has 5 aliphatic rings. The van der Waals surface area contributed by atoms with Crippen LogP contribution in [0.25, 0.3) is 10.1 Å². The zero-order chi connectivity index (χ0) is 62.0. The Bertz CT molecular complexity index is 3470. The maximum absolute atomic E-state index is 14.6. The second kappa shape index (κ2) is 25.8. The summed E-state index contributed by atoms with van der Waals surface area (Å²) < 4.78 is 81.9. The minimum atomic E-state index is -5.90. The lowest BCUT2D eigenvalue weighted by atomic mass is 9.91. The Kier molecular flexibility index (Phi) is 18.8. The molecule has 86 heavy (non-hydrogen) atoms. The van der Waals surface area contributed by atoms with E-state index in [9.17, 15) is 79.5 Å². The monoisotopic (exact) mass is 1240 g/mol. The fourth-order valence-corrected chi connectivity index (χ4v) is 13.2. The van der Waals surface area contributed by atoms with Gasteiger partial charge in [-0.2, -0.15) is 22.0 Å². The minimum Gasteiger partial charge on any atom is -0.370 e. The number of fused-ring (bicyclic) bond motifs is 3. The normalized spacial score (nSPS) is 21.3. The molecule has 3 aromatic carbocycles.